The molecule has 0 bridgehead atoms. The Morgan fingerprint density at radius 3 is 2.71 bits per heavy atom. The van der Waals surface area contributed by atoms with Crippen molar-refractivity contribution < 1.29 is 14.4 Å². The van der Waals surface area contributed by atoms with Crippen molar-refractivity contribution in [2.45, 2.75) is 24.9 Å². The van der Waals surface area contributed by atoms with Crippen molar-refractivity contribution in [1.29, 1.82) is 0 Å². The van der Waals surface area contributed by atoms with Crippen LogP contribution in [0, 0.1) is 0 Å². The van der Waals surface area contributed by atoms with E-state index < -0.39 is 11.6 Å². The summed E-state index contributed by atoms with van der Waals surface area (Å²) in [4.78, 5) is 36.2. The van der Waals surface area contributed by atoms with Crippen LogP contribution in [0.4, 0.5) is 10.5 Å². The number of nitrogens with zero attached hydrogens (tertiary/aromatic N) is 1. The molecule has 7 nitrogen and oxygen atoms in total. The van der Waals surface area contributed by atoms with Gasteiger partial charge in [0.15, 0.2) is 0 Å². The Bertz CT molecular complexity index is 1150. The Morgan fingerprint density at radius 1 is 1.07 bits per heavy atom. The fourth-order valence-electron chi connectivity index (χ4n) is 4.16. The normalized spacial score (nSPS) is 20.3. The maximum Gasteiger partial charge on any atom is 0.322 e. The van der Waals surface area contributed by atoms with Crippen molar-refractivity contribution in [3.8, 4) is 0 Å². The summed E-state index contributed by atoms with van der Waals surface area (Å²) >= 11 is 0. The molecule has 3 N–H and O–H groups in total. The third-order valence-electron chi connectivity index (χ3n) is 5.48. The Labute approximate surface area is 160 Å². The lowest BCUT2D eigenvalue weighted by Gasteiger charge is -2.18. The van der Waals surface area contributed by atoms with Crippen molar-refractivity contribution in [3.63, 3.8) is 0 Å². The van der Waals surface area contributed by atoms with Crippen LogP contribution in [0.2, 0.25) is 0 Å². The van der Waals surface area contributed by atoms with Crippen LogP contribution in [0.3, 0.4) is 0 Å². The highest BCUT2D eigenvalue weighted by atomic mass is 16.2. The molecule has 140 valence electrons. The van der Waals surface area contributed by atoms with Gasteiger partial charge in [0.25, 0.3) is 5.91 Å². The number of carbonyl (C=O) groups excluding carboxylic acids is 3. The Morgan fingerprint density at radius 2 is 1.89 bits per heavy atom. The van der Waals surface area contributed by atoms with Gasteiger partial charge in [0.1, 0.15) is 12.1 Å². The van der Waals surface area contributed by atoms with Crippen LogP contribution in [0.1, 0.15) is 11.1 Å². The number of carbonyl (C=O) groups is 3. The maximum absolute atomic E-state index is 12.5. The summed E-state index contributed by atoms with van der Waals surface area (Å²) in [5, 5.41) is 9.07. The molecule has 2 heterocycles. The van der Waals surface area contributed by atoms with E-state index in [1.807, 2.05) is 59.3 Å². The molecule has 1 unspecified atom stereocenters. The van der Waals surface area contributed by atoms with Gasteiger partial charge in [0.05, 0.1) is 0 Å². The molecule has 1 spiro atoms. The number of imide groups is 1. The zero-order valence-corrected chi connectivity index (χ0v) is 15.0. The third-order valence-corrected chi connectivity index (χ3v) is 5.48. The molecule has 1 saturated heterocycles. The van der Waals surface area contributed by atoms with Gasteiger partial charge in [-0.05, 0) is 40.8 Å². The molecule has 1 fully saturated rings. The fourth-order valence-corrected chi connectivity index (χ4v) is 4.16. The zero-order valence-electron chi connectivity index (χ0n) is 15.0. The quantitative estimate of drug-likeness (QED) is 0.612. The van der Waals surface area contributed by atoms with E-state index in [9.17, 15) is 14.4 Å². The van der Waals surface area contributed by atoms with Gasteiger partial charge in [-0.3, -0.25) is 14.9 Å². The molecule has 28 heavy (non-hydrogen) atoms. The highest BCUT2D eigenvalue weighted by Crippen LogP contribution is 2.33. The molecule has 0 radical (unpaired) electrons. The second-order valence-corrected chi connectivity index (χ2v) is 7.38. The zero-order chi connectivity index (χ0) is 19.3. The van der Waals surface area contributed by atoms with Gasteiger partial charge in [-0.25, -0.2) is 4.79 Å². The number of fused-ring (bicyclic) bond motifs is 2. The molecular weight excluding hydrogens is 356 g/mol. The lowest BCUT2D eigenvalue weighted by Crippen LogP contribution is -2.47. The minimum Gasteiger partial charge on any atom is -0.338 e. The first kappa shape index (κ1) is 16.6. The SMILES string of the molecule is O=C(Cn1ccc2ccccc21)Nc1ccc2c(c1)CC1(C2)NC(=O)NC1=O. The number of hydrogen-bond acceptors (Lipinski definition) is 3. The predicted octanol–water partition coefficient (Wildman–Crippen LogP) is 1.96. The van der Waals surface area contributed by atoms with Gasteiger partial charge in [0, 0.05) is 30.2 Å². The highest BCUT2D eigenvalue weighted by molar-refractivity contribution is 6.08. The first-order valence-corrected chi connectivity index (χ1v) is 9.12. The topological polar surface area (TPSA) is 92.2 Å². The number of hydrogen-bond donors (Lipinski definition) is 3. The summed E-state index contributed by atoms with van der Waals surface area (Å²) in [6.07, 6.45) is 2.79. The number of para-hydroxylation sites is 1. The molecule has 2 aromatic carbocycles. The lowest BCUT2D eigenvalue weighted by atomic mass is 9.96. The van der Waals surface area contributed by atoms with Crippen LogP contribution in [0.25, 0.3) is 10.9 Å². The van der Waals surface area contributed by atoms with Gasteiger partial charge < -0.3 is 15.2 Å². The lowest BCUT2D eigenvalue weighted by molar-refractivity contribution is -0.123. The summed E-state index contributed by atoms with van der Waals surface area (Å²) in [6.45, 7) is 0.215. The first-order valence-electron chi connectivity index (χ1n) is 9.12. The minimum atomic E-state index is -0.897. The van der Waals surface area contributed by atoms with E-state index in [0.29, 0.717) is 18.5 Å². The average Bonchev–Trinajstić information content (AvgIpc) is 3.30. The minimum absolute atomic E-state index is 0.124. The first-order chi connectivity index (χ1) is 13.5. The van der Waals surface area contributed by atoms with Crippen LogP contribution in [0.15, 0.2) is 54.7 Å². The largest absolute Gasteiger partial charge is 0.338 e. The number of nitrogens with one attached hydrogen (secondary N) is 3. The van der Waals surface area contributed by atoms with Gasteiger partial charge >= 0.3 is 6.03 Å². The molecule has 1 atom stereocenters. The summed E-state index contributed by atoms with van der Waals surface area (Å²) in [5.41, 5.74) is 2.76. The fraction of sp³-hybridized carbons (Fsp3) is 0.190. The monoisotopic (exact) mass is 374 g/mol. The molecule has 1 aliphatic heterocycles. The van der Waals surface area contributed by atoms with Gasteiger partial charge in [-0.15, -0.1) is 0 Å². The molecule has 1 aromatic heterocycles. The maximum atomic E-state index is 12.5. The molecule has 5 rings (SSSR count). The standard InChI is InChI=1S/C21H18N4O3/c26-18(12-25-8-7-13-3-1-2-4-17(13)25)22-16-6-5-14-10-21(11-15(14)9-16)19(27)23-20(28)24-21/h1-9H,10-12H2,(H,22,26)(H2,23,24,27,28). The van der Waals surface area contributed by atoms with Crippen LogP contribution in [-0.2, 0) is 29.0 Å². The van der Waals surface area contributed by atoms with E-state index in [1.54, 1.807) is 0 Å². The van der Waals surface area contributed by atoms with Gasteiger partial charge in [0.2, 0.25) is 5.91 Å². The Hall–Kier alpha value is -3.61. The summed E-state index contributed by atoms with van der Waals surface area (Å²) in [7, 11) is 0. The second kappa shape index (κ2) is 5.95. The molecule has 2 aliphatic rings. The number of benzene rings is 2. The third kappa shape index (κ3) is 2.63. The van der Waals surface area contributed by atoms with Crippen molar-refractivity contribution in [2.24, 2.45) is 0 Å². The van der Waals surface area contributed by atoms with Crippen LogP contribution < -0.4 is 16.0 Å². The number of urea groups is 1. The highest BCUT2D eigenvalue weighted by Gasteiger charge is 2.49. The number of aromatic nitrogens is 1. The average molecular weight is 374 g/mol. The van der Waals surface area contributed by atoms with Gasteiger partial charge in [-0.1, -0.05) is 24.3 Å². The summed E-state index contributed by atoms with van der Waals surface area (Å²) in [5.74, 6) is -0.417. The predicted molar refractivity (Wildman–Crippen MR) is 104 cm³/mol. The number of rotatable bonds is 3. The van der Waals surface area contributed by atoms with Crippen molar-refractivity contribution in [3.05, 3.63) is 65.9 Å². The van der Waals surface area contributed by atoms with Crippen molar-refractivity contribution in [1.82, 2.24) is 15.2 Å². The summed E-state index contributed by atoms with van der Waals surface area (Å²) in [6, 6.07) is 15.1. The van der Waals surface area contributed by atoms with Crippen LogP contribution in [0.5, 0.6) is 0 Å². The van der Waals surface area contributed by atoms with E-state index in [2.05, 4.69) is 16.0 Å². The molecule has 3 aromatic rings. The van der Waals surface area contributed by atoms with E-state index in [0.717, 1.165) is 22.0 Å². The van der Waals surface area contributed by atoms with E-state index in [-0.39, 0.29) is 18.4 Å². The van der Waals surface area contributed by atoms with Crippen molar-refractivity contribution in [2.75, 3.05) is 5.32 Å². The second-order valence-electron chi connectivity index (χ2n) is 7.38. The van der Waals surface area contributed by atoms with E-state index in [4.69, 9.17) is 0 Å². The molecular formula is C21H18N4O3. The number of anilines is 1. The Balaban J connectivity index is 1.32. The number of amides is 4. The summed E-state index contributed by atoms with van der Waals surface area (Å²) < 4.78 is 1.91. The van der Waals surface area contributed by atoms with Gasteiger partial charge in [-0.2, -0.15) is 0 Å². The molecule has 0 saturated carbocycles. The van der Waals surface area contributed by atoms with Crippen LogP contribution >= 0.6 is 0 Å². The van der Waals surface area contributed by atoms with E-state index >= 15 is 0 Å². The van der Waals surface area contributed by atoms with Crippen molar-refractivity contribution >= 4 is 34.4 Å². The Kier molecular flexibility index (Phi) is 3.52. The molecule has 4 amide bonds. The van der Waals surface area contributed by atoms with E-state index in [1.165, 1.54) is 0 Å². The molecule has 7 heteroatoms. The smallest absolute Gasteiger partial charge is 0.322 e. The van der Waals surface area contributed by atoms with Crippen LogP contribution in [-0.4, -0.2) is 28.0 Å². The molecule has 1 aliphatic carbocycles.